The maximum atomic E-state index is 11.3. The number of hydrogen-bond acceptors (Lipinski definition) is 7. The minimum atomic E-state index is -1.05. The minimum Gasteiger partial charge on any atom is -0.480 e. The van der Waals surface area contributed by atoms with Crippen LogP contribution in [-0.4, -0.2) is 101 Å². The summed E-state index contributed by atoms with van der Waals surface area (Å²) in [6.45, 7) is 2.76. The normalized spacial score (nSPS) is 13.3. The molecule has 0 amide bonds. The van der Waals surface area contributed by atoms with E-state index in [1.807, 2.05) is 45.4 Å². The number of likely N-dealkylation sites (N-methyl/N-ethyl adjacent to an activating group) is 2. The fraction of sp³-hybridized carbons (Fsp3) is 0.550. The fourth-order valence-corrected chi connectivity index (χ4v) is 3.16. The average molecular weight is 423 g/mol. The highest BCUT2D eigenvalue weighted by Gasteiger charge is 2.25. The number of aliphatic carboxylic acids is 2. The SMILES string of the molecule is CC(CN(C)CC(Cc1ccc(N=C=S)cc1)N(CC(=O)O)CC(=O)O)N(C)C. The molecule has 0 bridgehead atoms. The second kappa shape index (κ2) is 12.4. The molecule has 0 spiro atoms. The van der Waals surface area contributed by atoms with Gasteiger partial charge in [-0.3, -0.25) is 14.5 Å². The van der Waals surface area contributed by atoms with Crippen LogP contribution in [-0.2, 0) is 16.0 Å². The van der Waals surface area contributed by atoms with Gasteiger partial charge in [-0.25, -0.2) is 0 Å². The predicted molar refractivity (Wildman–Crippen MR) is 116 cm³/mol. The molecule has 8 nitrogen and oxygen atoms in total. The van der Waals surface area contributed by atoms with Crippen LogP contribution >= 0.6 is 12.2 Å². The van der Waals surface area contributed by atoms with Gasteiger partial charge >= 0.3 is 11.9 Å². The first-order chi connectivity index (χ1) is 13.6. The maximum Gasteiger partial charge on any atom is 0.317 e. The van der Waals surface area contributed by atoms with Gasteiger partial charge in [0.15, 0.2) is 0 Å². The van der Waals surface area contributed by atoms with Crippen LogP contribution in [0.4, 0.5) is 5.69 Å². The van der Waals surface area contributed by atoms with Crippen molar-refractivity contribution in [3.63, 3.8) is 0 Å². The van der Waals surface area contributed by atoms with E-state index in [1.165, 1.54) is 4.90 Å². The van der Waals surface area contributed by atoms with Gasteiger partial charge < -0.3 is 20.0 Å². The molecule has 2 atom stereocenters. The van der Waals surface area contributed by atoms with Gasteiger partial charge in [-0.2, -0.15) is 4.99 Å². The van der Waals surface area contributed by atoms with Crippen molar-refractivity contribution in [1.29, 1.82) is 0 Å². The Balaban J connectivity index is 3.05. The van der Waals surface area contributed by atoms with Crippen LogP contribution < -0.4 is 0 Å². The zero-order valence-electron chi connectivity index (χ0n) is 17.4. The Hall–Kier alpha value is -2.16. The topological polar surface area (TPSA) is 96.7 Å². The maximum absolute atomic E-state index is 11.3. The van der Waals surface area contributed by atoms with Crippen molar-refractivity contribution in [2.24, 2.45) is 4.99 Å². The molecule has 0 radical (unpaired) electrons. The summed E-state index contributed by atoms with van der Waals surface area (Å²) in [4.78, 5) is 32.3. The van der Waals surface area contributed by atoms with Crippen LogP contribution in [0, 0.1) is 0 Å². The lowest BCUT2D eigenvalue weighted by Gasteiger charge is -2.34. The van der Waals surface area contributed by atoms with E-state index in [1.54, 1.807) is 0 Å². The Labute approximate surface area is 177 Å². The molecular weight excluding hydrogens is 392 g/mol. The molecule has 0 heterocycles. The van der Waals surface area contributed by atoms with Gasteiger partial charge in [-0.05, 0) is 64.4 Å². The first-order valence-corrected chi connectivity index (χ1v) is 9.72. The third-order valence-corrected chi connectivity index (χ3v) is 4.85. The van der Waals surface area contributed by atoms with Crippen molar-refractivity contribution < 1.29 is 19.8 Å². The Kier molecular flexibility index (Phi) is 10.6. The molecule has 2 unspecified atom stereocenters. The first kappa shape index (κ1) is 24.9. The number of nitrogens with zero attached hydrogens (tertiary/aromatic N) is 4. The van der Waals surface area contributed by atoms with E-state index in [0.29, 0.717) is 24.7 Å². The summed E-state index contributed by atoms with van der Waals surface area (Å²) in [5.41, 5.74) is 1.65. The highest BCUT2D eigenvalue weighted by atomic mass is 32.1. The lowest BCUT2D eigenvalue weighted by Crippen LogP contribution is -2.50. The van der Waals surface area contributed by atoms with E-state index in [2.05, 4.69) is 39.1 Å². The summed E-state index contributed by atoms with van der Waals surface area (Å²) in [5, 5.41) is 20.9. The lowest BCUT2D eigenvalue weighted by molar-refractivity contribution is -0.143. The number of carboxylic acid groups (broad SMARTS) is 2. The number of rotatable bonds is 13. The van der Waals surface area contributed by atoms with E-state index >= 15 is 0 Å². The molecule has 0 saturated heterocycles. The molecule has 1 aromatic carbocycles. The van der Waals surface area contributed by atoms with Crippen molar-refractivity contribution in [2.45, 2.75) is 25.4 Å². The highest BCUT2D eigenvalue weighted by molar-refractivity contribution is 7.78. The largest absolute Gasteiger partial charge is 0.480 e. The molecule has 9 heteroatoms. The summed E-state index contributed by atoms with van der Waals surface area (Å²) in [5.74, 6) is -2.10. The van der Waals surface area contributed by atoms with Gasteiger partial charge in [0.25, 0.3) is 0 Å². The number of hydrogen-bond donors (Lipinski definition) is 2. The number of carbonyl (C=O) groups is 2. The van der Waals surface area contributed by atoms with Gasteiger partial charge in [0.05, 0.1) is 23.9 Å². The molecule has 0 aliphatic carbocycles. The standard InChI is InChI=1S/C20H30N4O4S/c1-15(22(2)3)10-23(4)11-18(24(12-19(25)26)13-20(27)28)9-16-5-7-17(8-6-16)21-14-29/h5-8,15,18H,9-13H2,1-4H3,(H,25,26)(H,27,28). The number of carboxylic acids is 2. The smallest absolute Gasteiger partial charge is 0.317 e. The van der Waals surface area contributed by atoms with Crippen LogP contribution in [0.1, 0.15) is 12.5 Å². The predicted octanol–water partition coefficient (Wildman–Crippen LogP) is 1.69. The third-order valence-electron chi connectivity index (χ3n) is 4.76. The van der Waals surface area contributed by atoms with Gasteiger partial charge in [-0.15, -0.1) is 0 Å². The molecule has 29 heavy (non-hydrogen) atoms. The molecule has 0 saturated carbocycles. The van der Waals surface area contributed by atoms with Crippen molar-refractivity contribution in [3.8, 4) is 0 Å². The van der Waals surface area contributed by atoms with Crippen molar-refractivity contribution in [2.75, 3.05) is 47.3 Å². The second-order valence-corrected chi connectivity index (χ2v) is 7.64. The van der Waals surface area contributed by atoms with E-state index in [0.717, 1.165) is 12.1 Å². The number of isothiocyanates is 1. The van der Waals surface area contributed by atoms with Gasteiger partial charge in [-0.1, -0.05) is 12.1 Å². The summed E-state index contributed by atoms with van der Waals surface area (Å²) in [6.07, 6.45) is 0.517. The van der Waals surface area contributed by atoms with Crippen molar-refractivity contribution in [3.05, 3.63) is 29.8 Å². The molecule has 2 N–H and O–H groups in total. The zero-order valence-corrected chi connectivity index (χ0v) is 18.2. The van der Waals surface area contributed by atoms with Gasteiger partial charge in [0.1, 0.15) is 0 Å². The molecule has 1 rings (SSSR count). The molecule has 0 fully saturated rings. The van der Waals surface area contributed by atoms with Crippen molar-refractivity contribution >= 4 is 35.0 Å². The quantitative estimate of drug-likeness (QED) is 0.366. The van der Waals surface area contributed by atoms with Gasteiger partial charge in [0.2, 0.25) is 0 Å². The molecular formula is C20H30N4O4S. The monoisotopic (exact) mass is 422 g/mol. The van der Waals surface area contributed by atoms with E-state index in [9.17, 15) is 19.8 Å². The van der Waals surface area contributed by atoms with E-state index < -0.39 is 11.9 Å². The average Bonchev–Trinajstić information content (AvgIpc) is 2.61. The first-order valence-electron chi connectivity index (χ1n) is 9.31. The molecule has 0 aliphatic rings. The molecule has 0 aromatic heterocycles. The Morgan fingerprint density at radius 3 is 2.07 bits per heavy atom. The van der Waals surface area contributed by atoms with Crippen molar-refractivity contribution in [1.82, 2.24) is 14.7 Å². The lowest BCUT2D eigenvalue weighted by atomic mass is 10.0. The Morgan fingerprint density at radius 2 is 1.62 bits per heavy atom. The second-order valence-electron chi connectivity index (χ2n) is 7.45. The molecule has 1 aromatic rings. The van der Waals surface area contributed by atoms with E-state index in [-0.39, 0.29) is 19.1 Å². The number of benzene rings is 1. The Morgan fingerprint density at radius 1 is 1.07 bits per heavy atom. The van der Waals surface area contributed by atoms with Crippen LogP contribution in [0.25, 0.3) is 0 Å². The highest BCUT2D eigenvalue weighted by Crippen LogP contribution is 2.16. The van der Waals surface area contributed by atoms with Crippen LogP contribution in [0.5, 0.6) is 0 Å². The van der Waals surface area contributed by atoms with Gasteiger partial charge in [0, 0.05) is 25.2 Å². The molecule has 160 valence electrons. The van der Waals surface area contributed by atoms with Crippen LogP contribution in [0.2, 0.25) is 0 Å². The Bertz CT molecular complexity index is 704. The molecule has 0 aliphatic heterocycles. The number of aliphatic imine (C=N–C) groups is 1. The zero-order chi connectivity index (χ0) is 22.0. The summed E-state index contributed by atoms with van der Waals surface area (Å²) < 4.78 is 0. The van der Waals surface area contributed by atoms with E-state index in [4.69, 9.17) is 0 Å². The minimum absolute atomic E-state index is 0.276. The summed E-state index contributed by atoms with van der Waals surface area (Å²) in [7, 11) is 5.97. The number of thiocarbonyl (C=S) groups is 1. The fourth-order valence-electron chi connectivity index (χ4n) is 3.05. The van der Waals surface area contributed by atoms with Crippen LogP contribution in [0.3, 0.4) is 0 Å². The van der Waals surface area contributed by atoms with Crippen LogP contribution in [0.15, 0.2) is 29.3 Å². The summed E-state index contributed by atoms with van der Waals surface area (Å²) >= 11 is 4.61. The third kappa shape index (κ3) is 9.74. The summed E-state index contributed by atoms with van der Waals surface area (Å²) in [6, 6.07) is 7.42.